The number of amides is 1. The number of methoxy groups -OCH3 is 1. The fourth-order valence-corrected chi connectivity index (χ4v) is 2.09. The molecule has 0 atom stereocenters. The van der Waals surface area contributed by atoms with E-state index in [4.69, 9.17) is 0 Å². The van der Waals surface area contributed by atoms with Crippen molar-refractivity contribution >= 4 is 23.4 Å². The van der Waals surface area contributed by atoms with Gasteiger partial charge in [0.1, 0.15) is 5.82 Å². The van der Waals surface area contributed by atoms with E-state index in [2.05, 4.69) is 15.0 Å². The average Bonchev–Trinajstić information content (AvgIpc) is 2.60. The van der Waals surface area contributed by atoms with E-state index in [9.17, 15) is 22.8 Å². The number of nitrogens with zero attached hydrogens (tertiary/aromatic N) is 2. The van der Waals surface area contributed by atoms with Crippen molar-refractivity contribution in [2.75, 3.05) is 31.4 Å². The average molecular weight is 367 g/mol. The first-order valence-corrected chi connectivity index (χ1v) is 7.37. The predicted molar refractivity (Wildman–Crippen MR) is 89.3 cm³/mol. The molecule has 2 aromatic rings. The van der Waals surface area contributed by atoms with Gasteiger partial charge in [0, 0.05) is 26.0 Å². The van der Waals surface area contributed by atoms with Crippen LogP contribution >= 0.6 is 0 Å². The summed E-state index contributed by atoms with van der Waals surface area (Å²) in [6.07, 6.45) is -3.38. The Labute approximate surface area is 147 Å². The van der Waals surface area contributed by atoms with Crippen molar-refractivity contribution < 1.29 is 27.5 Å². The Bertz CT molecular complexity index is 818. The smallest absolute Gasteiger partial charge is 0.416 e. The Balaban J connectivity index is 2.32. The van der Waals surface area contributed by atoms with Crippen molar-refractivity contribution in [2.24, 2.45) is 0 Å². The molecule has 1 aromatic carbocycles. The Morgan fingerprint density at radius 3 is 2.31 bits per heavy atom. The Morgan fingerprint density at radius 1 is 1.12 bits per heavy atom. The molecular weight excluding hydrogens is 351 g/mol. The lowest BCUT2D eigenvalue weighted by Gasteiger charge is -2.13. The zero-order valence-corrected chi connectivity index (χ0v) is 14.2. The molecule has 0 aliphatic heterocycles. The van der Waals surface area contributed by atoms with E-state index in [0.717, 1.165) is 19.2 Å². The summed E-state index contributed by atoms with van der Waals surface area (Å²) in [6, 6.07) is 5.61. The molecule has 0 unspecified atom stereocenters. The molecule has 0 saturated heterocycles. The maximum absolute atomic E-state index is 13.0. The minimum atomic E-state index is -4.68. The summed E-state index contributed by atoms with van der Waals surface area (Å²) >= 11 is 0. The molecule has 1 N–H and O–H groups in total. The molecule has 9 heteroatoms. The van der Waals surface area contributed by atoms with E-state index in [1.54, 1.807) is 25.1 Å². The van der Waals surface area contributed by atoms with Crippen LogP contribution in [-0.4, -0.2) is 38.1 Å². The molecule has 1 amide bonds. The molecule has 0 aliphatic rings. The van der Waals surface area contributed by atoms with Crippen molar-refractivity contribution in [1.82, 2.24) is 4.98 Å². The summed E-state index contributed by atoms with van der Waals surface area (Å²) < 4.78 is 43.5. The third-order valence-electron chi connectivity index (χ3n) is 3.41. The number of pyridine rings is 1. The summed E-state index contributed by atoms with van der Waals surface area (Å²) in [5, 5.41) is 2.34. The fraction of sp³-hybridized carbons (Fsp3) is 0.235. The molecule has 26 heavy (non-hydrogen) atoms. The van der Waals surface area contributed by atoms with Crippen LogP contribution in [0, 0.1) is 0 Å². The van der Waals surface area contributed by atoms with Gasteiger partial charge in [0.05, 0.1) is 23.8 Å². The summed E-state index contributed by atoms with van der Waals surface area (Å²) in [5.41, 5.74) is -1.41. The number of benzene rings is 1. The van der Waals surface area contributed by atoms with E-state index < -0.39 is 23.6 Å². The SMILES string of the molecule is COC(=O)c1cc(NC(=O)c2ccc(N(C)C)nc2)cc(C(F)(F)F)c1. The van der Waals surface area contributed by atoms with Crippen LogP contribution in [0.25, 0.3) is 0 Å². The molecule has 0 bridgehead atoms. The summed E-state index contributed by atoms with van der Waals surface area (Å²) in [4.78, 5) is 29.6. The monoisotopic (exact) mass is 367 g/mol. The van der Waals surface area contributed by atoms with Gasteiger partial charge in [-0.15, -0.1) is 0 Å². The van der Waals surface area contributed by atoms with Gasteiger partial charge < -0.3 is 15.0 Å². The van der Waals surface area contributed by atoms with E-state index in [0.29, 0.717) is 11.9 Å². The lowest BCUT2D eigenvalue weighted by Crippen LogP contribution is -2.16. The van der Waals surface area contributed by atoms with Crippen molar-refractivity contribution in [1.29, 1.82) is 0 Å². The standard InChI is InChI=1S/C17H16F3N3O3/c1-23(2)14-5-4-10(9-21-14)15(24)22-13-7-11(16(25)26-3)6-12(8-13)17(18,19)20/h4-9H,1-3H3,(H,22,24). The maximum Gasteiger partial charge on any atom is 0.416 e. The molecule has 6 nitrogen and oxygen atoms in total. The highest BCUT2D eigenvalue weighted by Crippen LogP contribution is 2.32. The van der Waals surface area contributed by atoms with Gasteiger partial charge in [-0.1, -0.05) is 0 Å². The minimum absolute atomic E-state index is 0.160. The third-order valence-corrected chi connectivity index (χ3v) is 3.41. The number of ether oxygens (including phenoxy) is 1. The van der Waals surface area contributed by atoms with Crippen LogP contribution in [0.4, 0.5) is 24.7 Å². The van der Waals surface area contributed by atoms with Crippen LogP contribution in [0.15, 0.2) is 36.5 Å². The second kappa shape index (κ2) is 7.42. The number of carbonyl (C=O) groups excluding carboxylic acids is 2. The van der Waals surface area contributed by atoms with Gasteiger partial charge in [-0.25, -0.2) is 9.78 Å². The number of esters is 1. The molecule has 2 rings (SSSR count). The van der Waals surface area contributed by atoms with Crippen LogP contribution in [0.1, 0.15) is 26.3 Å². The van der Waals surface area contributed by atoms with Gasteiger partial charge in [-0.3, -0.25) is 4.79 Å². The Hall–Kier alpha value is -3.10. The zero-order chi connectivity index (χ0) is 19.5. The third kappa shape index (κ3) is 4.50. The van der Waals surface area contributed by atoms with Crippen molar-refractivity contribution in [3.8, 4) is 0 Å². The second-order valence-electron chi connectivity index (χ2n) is 5.54. The highest BCUT2D eigenvalue weighted by atomic mass is 19.4. The number of alkyl halides is 3. The topological polar surface area (TPSA) is 71.5 Å². The first kappa shape index (κ1) is 19.2. The quantitative estimate of drug-likeness (QED) is 0.841. The van der Waals surface area contributed by atoms with Crippen LogP contribution in [0.5, 0.6) is 0 Å². The molecule has 0 aliphatic carbocycles. The fourth-order valence-electron chi connectivity index (χ4n) is 2.09. The normalized spacial score (nSPS) is 11.0. The number of anilines is 2. The molecular formula is C17H16F3N3O3. The highest BCUT2D eigenvalue weighted by molar-refractivity contribution is 6.04. The summed E-state index contributed by atoms with van der Waals surface area (Å²) in [5.74, 6) is -0.977. The van der Waals surface area contributed by atoms with E-state index >= 15 is 0 Å². The van der Waals surface area contributed by atoms with E-state index in [-0.39, 0.29) is 16.8 Å². The van der Waals surface area contributed by atoms with Gasteiger partial charge in [0.2, 0.25) is 0 Å². The Morgan fingerprint density at radius 2 is 1.81 bits per heavy atom. The van der Waals surface area contributed by atoms with E-state index in [1.165, 1.54) is 12.3 Å². The predicted octanol–water partition coefficient (Wildman–Crippen LogP) is 3.21. The van der Waals surface area contributed by atoms with Crippen molar-refractivity contribution in [3.63, 3.8) is 0 Å². The number of hydrogen-bond donors (Lipinski definition) is 1. The van der Waals surface area contributed by atoms with Gasteiger partial charge in [0.25, 0.3) is 5.91 Å². The lowest BCUT2D eigenvalue weighted by atomic mass is 10.1. The number of carbonyl (C=O) groups is 2. The van der Waals surface area contributed by atoms with Gasteiger partial charge >= 0.3 is 12.1 Å². The van der Waals surface area contributed by atoms with Crippen LogP contribution in [0.2, 0.25) is 0 Å². The largest absolute Gasteiger partial charge is 0.465 e. The van der Waals surface area contributed by atoms with Crippen molar-refractivity contribution in [2.45, 2.75) is 6.18 Å². The minimum Gasteiger partial charge on any atom is -0.465 e. The molecule has 0 saturated carbocycles. The van der Waals surface area contributed by atoms with Crippen molar-refractivity contribution in [3.05, 3.63) is 53.2 Å². The summed E-state index contributed by atoms with van der Waals surface area (Å²) in [7, 11) is 4.61. The lowest BCUT2D eigenvalue weighted by molar-refractivity contribution is -0.137. The molecule has 0 spiro atoms. The second-order valence-corrected chi connectivity index (χ2v) is 5.54. The number of nitrogens with one attached hydrogen (secondary N) is 1. The van der Waals surface area contributed by atoms with Gasteiger partial charge in [0.15, 0.2) is 0 Å². The molecule has 138 valence electrons. The van der Waals surface area contributed by atoms with Crippen LogP contribution < -0.4 is 10.2 Å². The van der Waals surface area contributed by atoms with Crippen LogP contribution in [-0.2, 0) is 10.9 Å². The van der Waals surface area contributed by atoms with E-state index in [1.807, 2.05) is 0 Å². The molecule has 0 radical (unpaired) electrons. The number of rotatable bonds is 4. The van der Waals surface area contributed by atoms with Gasteiger partial charge in [-0.05, 0) is 30.3 Å². The summed E-state index contributed by atoms with van der Waals surface area (Å²) in [6.45, 7) is 0. The zero-order valence-electron chi connectivity index (χ0n) is 14.2. The first-order valence-electron chi connectivity index (χ1n) is 7.37. The number of halogens is 3. The van der Waals surface area contributed by atoms with Crippen LogP contribution in [0.3, 0.4) is 0 Å². The molecule has 1 aromatic heterocycles. The molecule has 1 heterocycles. The molecule has 0 fully saturated rings. The maximum atomic E-state index is 13.0. The Kier molecular flexibility index (Phi) is 5.49. The van der Waals surface area contributed by atoms with Gasteiger partial charge in [-0.2, -0.15) is 13.2 Å². The highest BCUT2D eigenvalue weighted by Gasteiger charge is 2.32. The number of aromatic nitrogens is 1. The number of hydrogen-bond acceptors (Lipinski definition) is 5. The first-order chi connectivity index (χ1) is 12.1.